The van der Waals surface area contributed by atoms with Gasteiger partial charge < -0.3 is 15.4 Å². The van der Waals surface area contributed by atoms with Crippen LogP contribution in [0.3, 0.4) is 0 Å². The van der Waals surface area contributed by atoms with Crippen LogP contribution in [0.2, 0.25) is 0 Å². The van der Waals surface area contributed by atoms with Gasteiger partial charge in [-0.3, -0.25) is 0 Å². The third kappa shape index (κ3) is 6.88. The van der Waals surface area contributed by atoms with Crippen LogP contribution in [-0.4, -0.2) is 39.9 Å². The van der Waals surface area contributed by atoms with Gasteiger partial charge in [-0.1, -0.05) is 0 Å². The maximum absolute atomic E-state index is 5.02. The summed E-state index contributed by atoms with van der Waals surface area (Å²) in [4.78, 5) is 0. The van der Waals surface area contributed by atoms with E-state index in [9.17, 15) is 0 Å². The Labute approximate surface area is 94.0 Å². The van der Waals surface area contributed by atoms with E-state index in [2.05, 4.69) is 10.6 Å². The molecule has 0 aromatic heterocycles. The molecule has 0 bridgehead atoms. The Hall–Kier alpha value is -0.120. The number of ether oxygens (including phenoxy) is 1. The summed E-state index contributed by atoms with van der Waals surface area (Å²) in [7, 11) is 1.77. The van der Waals surface area contributed by atoms with Gasteiger partial charge in [0.05, 0.1) is 0 Å². The topological polar surface area (TPSA) is 33.3 Å². The van der Waals surface area contributed by atoms with E-state index in [1.807, 2.05) is 0 Å². The fourth-order valence-electron chi connectivity index (χ4n) is 2.07. The molecule has 0 amide bonds. The quantitative estimate of drug-likeness (QED) is 0.599. The van der Waals surface area contributed by atoms with Crippen LogP contribution in [-0.2, 0) is 4.74 Å². The van der Waals surface area contributed by atoms with Gasteiger partial charge in [0.1, 0.15) is 0 Å². The molecular weight excluding hydrogens is 188 g/mol. The Bertz CT molecular complexity index is 136. The summed E-state index contributed by atoms with van der Waals surface area (Å²) in [6.45, 7) is 5.72. The van der Waals surface area contributed by atoms with Crippen molar-refractivity contribution in [2.24, 2.45) is 5.92 Å². The van der Waals surface area contributed by atoms with Crippen molar-refractivity contribution in [3.05, 3.63) is 0 Å². The van der Waals surface area contributed by atoms with Crippen molar-refractivity contribution in [1.82, 2.24) is 10.6 Å². The minimum atomic E-state index is 0.908. The maximum atomic E-state index is 5.02. The first kappa shape index (κ1) is 12.9. The van der Waals surface area contributed by atoms with Gasteiger partial charge in [0.15, 0.2) is 0 Å². The van der Waals surface area contributed by atoms with E-state index in [1.165, 1.54) is 58.3 Å². The van der Waals surface area contributed by atoms with E-state index in [-0.39, 0.29) is 0 Å². The highest BCUT2D eigenvalue weighted by molar-refractivity contribution is 4.70. The number of methoxy groups -OCH3 is 1. The Morgan fingerprint density at radius 1 is 1.20 bits per heavy atom. The Morgan fingerprint density at radius 2 is 2.00 bits per heavy atom. The predicted molar refractivity (Wildman–Crippen MR) is 64.2 cm³/mol. The second-order valence-corrected chi connectivity index (χ2v) is 4.45. The largest absolute Gasteiger partial charge is 0.385 e. The standard InChI is InChI=1S/C12H26N2O/c1-15-10-4-2-3-7-14-11-12-5-8-13-9-6-12/h12-14H,2-11H2,1H3. The fourth-order valence-corrected chi connectivity index (χ4v) is 2.07. The molecule has 1 heterocycles. The molecule has 0 atom stereocenters. The number of hydrogen-bond donors (Lipinski definition) is 2. The average Bonchev–Trinajstić information content (AvgIpc) is 2.29. The van der Waals surface area contributed by atoms with Crippen molar-refractivity contribution in [3.63, 3.8) is 0 Å². The summed E-state index contributed by atoms with van der Waals surface area (Å²) in [5, 5.41) is 6.96. The first-order valence-corrected chi connectivity index (χ1v) is 6.34. The van der Waals surface area contributed by atoms with Crippen LogP contribution in [0.1, 0.15) is 32.1 Å². The zero-order valence-corrected chi connectivity index (χ0v) is 10.1. The van der Waals surface area contributed by atoms with Gasteiger partial charge in [-0.25, -0.2) is 0 Å². The molecular formula is C12H26N2O. The number of nitrogens with one attached hydrogen (secondary N) is 2. The molecule has 1 saturated heterocycles. The lowest BCUT2D eigenvalue weighted by molar-refractivity contribution is 0.192. The molecule has 0 aromatic rings. The van der Waals surface area contributed by atoms with E-state index in [4.69, 9.17) is 4.74 Å². The molecule has 0 saturated carbocycles. The zero-order valence-electron chi connectivity index (χ0n) is 10.1. The summed E-state index contributed by atoms with van der Waals surface area (Å²) in [6.07, 6.45) is 6.46. The van der Waals surface area contributed by atoms with Crippen molar-refractivity contribution < 1.29 is 4.74 Å². The lowest BCUT2D eigenvalue weighted by Gasteiger charge is -2.22. The van der Waals surface area contributed by atoms with Crippen molar-refractivity contribution in [2.75, 3.05) is 39.9 Å². The van der Waals surface area contributed by atoms with Crippen molar-refractivity contribution in [3.8, 4) is 0 Å². The third-order valence-electron chi connectivity index (χ3n) is 3.09. The smallest absolute Gasteiger partial charge is 0.0462 e. The van der Waals surface area contributed by atoms with Crippen LogP contribution in [0.4, 0.5) is 0 Å². The molecule has 2 N–H and O–H groups in total. The first-order chi connectivity index (χ1) is 7.43. The highest BCUT2D eigenvalue weighted by atomic mass is 16.5. The van der Waals surface area contributed by atoms with Gasteiger partial charge in [-0.2, -0.15) is 0 Å². The van der Waals surface area contributed by atoms with Crippen LogP contribution in [0.5, 0.6) is 0 Å². The van der Waals surface area contributed by atoms with Crippen molar-refractivity contribution in [2.45, 2.75) is 32.1 Å². The summed E-state index contributed by atoms with van der Waals surface area (Å²) in [5.74, 6) is 0.908. The molecule has 3 nitrogen and oxygen atoms in total. The van der Waals surface area contributed by atoms with E-state index in [0.717, 1.165) is 12.5 Å². The lowest BCUT2D eigenvalue weighted by atomic mass is 9.98. The fraction of sp³-hybridized carbons (Fsp3) is 1.00. The number of piperidine rings is 1. The molecule has 0 radical (unpaired) electrons. The first-order valence-electron chi connectivity index (χ1n) is 6.34. The second kappa shape index (κ2) is 9.13. The summed E-state index contributed by atoms with van der Waals surface area (Å²) in [5.41, 5.74) is 0. The van der Waals surface area contributed by atoms with Crippen LogP contribution < -0.4 is 10.6 Å². The minimum Gasteiger partial charge on any atom is -0.385 e. The van der Waals surface area contributed by atoms with Crippen molar-refractivity contribution >= 4 is 0 Å². The Balaban J connectivity index is 1.79. The van der Waals surface area contributed by atoms with Crippen LogP contribution in [0.15, 0.2) is 0 Å². The molecule has 0 spiro atoms. The third-order valence-corrected chi connectivity index (χ3v) is 3.09. The van der Waals surface area contributed by atoms with Gasteiger partial charge in [-0.15, -0.1) is 0 Å². The van der Waals surface area contributed by atoms with Crippen LogP contribution in [0, 0.1) is 5.92 Å². The zero-order chi connectivity index (χ0) is 10.8. The SMILES string of the molecule is COCCCCCNCC1CCNCC1. The van der Waals surface area contributed by atoms with Crippen LogP contribution >= 0.6 is 0 Å². The molecule has 1 rings (SSSR count). The number of hydrogen-bond acceptors (Lipinski definition) is 3. The van der Waals surface area contributed by atoms with Crippen LogP contribution in [0.25, 0.3) is 0 Å². The van der Waals surface area contributed by atoms with Gasteiger partial charge in [0, 0.05) is 13.7 Å². The second-order valence-electron chi connectivity index (χ2n) is 4.45. The minimum absolute atomic E-state index is 0.908. The van der Waals surface area contributed by atoms with E-state index >= 15 is 0 Å². The van der Waals surface area contributed by atoms with Gasteiger partial charge in [-0.05, 0) is 64.2 Å². The van der Waals surface area contributed by atoms with Gasteiger partial charge in [0.25, 0.3) is 0 Å². The number of rotatable bonds is 8. The molecule has 90 valence electrons. The van der Waals surface area contributed by atoms with E-state index in [1.54, 1.807) is 7.11 Å². The normalized spacial score (nSPS) is 18.2. The predicted octanol–water partition coefficient (Wildman–Crippen LogP) is 1.39. The number of unbranched alkanes of at least 4 members (excludes halogenated alkanes) is 2. The molecule has 0 aromatic carbocycles. The van der Waals surface area contributed by atoms with Gasteiger partial charge >= 0.3 is 0 Å². The molecule has 15 heavy (non-hydrogen) atoms. The molecule has 0 aliphatic carbocycles. The molecule has 3 heteroatoms. The van der Waals surface area contributed by atoms with Crippen molar-refractivity contribution in [1.29, 1.82) is 0 Å². The summed E-state index contributed by atoms with van der Waals surface area (Å²) >= 11 is 0. The molecule has 0 unspecified atom stereocenters. The average molecular weight is 214 g/mol. The highest BCUT2D eigenvalue weighted by Gasteiger charge is 2.11. The lowest BCUT2D eigenvalue weighted by Crippen LogP contribution is -2.33. The van der Waals surface area contributed by atoms with E-state index < -0.39 is 0 Å². The van der Waals surface area contributed by atoms with Gasteiger partial charge in [0.2, 0.25) is 0 Å². The van der Waals surface area contributed by atoms with E-state index in [0.29, 0.717) is 0 Å². The molecule has 1 aliphatic heterocycles. The Morgan fingerprint density at radius 3 is 2.73 bits per heavy atom. The Kier molecular flexibility index (Phi) is 7.88. The molecule has 1 fully saturated rings. The highest BCUT2D eigenvalue weighted by Crippen LogP contribution is 2.09. The summed E-state index contributed by atoms with van der Waals surface area (Å²) in [6, 6.07) is 0. The summed E-state index contributed by atoms with van der Waals surface area (Å²) < 4.78 is 5.02. The monoisotopic (exact) mass is 214 g/mol. The maximum Gasteiger partial charge on any atom is 0.0462 e. The molecule has 1 aliphatic rings.